The van der Waals surface area contributed by atoms with E-state index in [-0.39, 0.29) is 11.4 Å². The minimum atomic E-state index is -0.480. The van der Waals surface area contributed by atoms with Crippen molar-refractivity contribution in [1.29, 1.82) is 0 Å². The van der Waals surface area contributed by atoms with Crippen LogP contribution in [0.4, 0.5) is 0 Å². The fourth-order valence-electron chi connectivity index (χ4n) is 5.54. The van der Waals surface area contributed by atoms with E-state index < -0.39 is 6.10 Å². The zero-order chi connectivity index (χ0) is 16.7. The Balaban J connectivity index is 1.38. The van der Waals surface area contributed by atoms with Gasteiger partial charge in [0.2, 0.25) is 0 Å². The van der Waals surface area contributed by atoms with E-state index in [9.17, 15) is 4.79 Å². The van der Waals surface area contributed by atoms with Gasteiger partial charge in [-0.3, -0.25) is 4.79 Å². The standard InChI is InChI=1S/C20H27NO3/c1-13(24-18-5-3-17(23-2)4-6-18)19(22)21-20-10-14-7-15(11-20)9-16(8-14)12-20/h3-6,13-16H,7-12H2,1-2H3,(H,21,22). The van der Waals surface area contributed by atoms with Crippen LogP contribution in [0.15, 0.2) is 24.3 Å². The Kier molecular flexibility index (Phi) is 3.93. The van der Waals surface area contributed by atoms with Gasteiger partial charge in [-0.05, 0) is 87.5 Å². The second-order valence-corrected chi connectivity index (χ2v) is 8.12. The Morgan fingerprint density at radius 1 is 1.04 bits per heavy atom. The van der Waals surface area contributed by atoms with Crippen LogP contribution in [0, 0.1) is 17.8 Å². The summed E-state index contributed by atoms with van der Waals surface area (Å²) < 4.78 is 11.0. The van der Waals surface area contributed by atoms with Gasteiger partial charge in [0.1, 0.15) is 11.5 Å². The molecule has 1 aromatic carbocycles. The Hall–Kier alpha value is -1.71. The lowest BCUT2D eigenvalue weighted by atomic mass is 9.53. The van der Waals surface area contributed by atoms with Crippen LogP contribution in [0.1, 0.15) is 45.4 Å². The Morgan fingerprint density at radius 2 is 1.54 bits per heavy atom. The van der Waals surface area contributed by atoms with Gasteiger partial charge in [0.05, 0.1) is 7.11 Å². The van der Waals surface area contributed by atoms with Crippen molar-refractivity contribution in [3.05, 3.63) is 24.3 Å². The third-order valence-corrected chi connectivity index (χ3v) is 6.17. The molecule has 4 nitrogen and oxygen atoms in total. The molecule has 4 aliphatic carbocycles. The van der Waals surface area contributed by atoms with Crippen LogP contribution in [0.5, 0.6) is 11.5 Å². The highest BCUT2D eigenvalue weighted by Gasteiger charge is 2.51. The Labute approximate surface area is 143 Å². The summed E-state index contributed by atoms with van der Waals surface area (Å²) in [5.41, 5.74) is 0.0450. The van der Waals surface area contributed by atoms with Crippen LogP contribution in [0.25, 0.3) is 0 Å². The first-order chi connectivity index (χ1) is 11.5. The molecule has 4 saturated carbocycles. The van der Waals surface area contributed by atoms with Gasteiger partial charge in [0, 0.05) is 5.54 Å². The summed E-state index contributed by atoms with van der Waals surface area (Å²) in [5, 5.41) is 3.38. The highest BCUT2D eigenvalue weighted by atomic mass is 16.5. The monoisotopic (exact) mass is 329 g/mol. The van der Waals surface area contributed by atoms with Crippen molar-refractivity contribution in [1.82, 2.24) is 5.32 Å². The highest BCUT2D eigenvalue weighted by Crippen LogP contribution is 2.55. The first-order valence-electron chi connectivity index (χ1n) is 9.18. The molecule has 1 unspecified atom stereocenters. The Morgan fingerprint density at radius 3 is 2.04 bits per heavy atom. The van der Waals surface area contributed by atoms with E-state index in [1.165, 1.54) is 38.5 Å². The van der Waals surface area contributed by atoms with Gasteiger partial charge in [-0.2, -0.15) is 0 Å². The molecule has 1 N–H and O–H groups in total. The number of hydrogen-bond acceptors (Lipinski definition) is 3. The van der Waals surface area contributed by atoms with E-state index in [0.717, 1.165) is 23.5 Å². The molecule has 0 aliphatic heterocycles. The predicted molar refractivity (Wildman–Crippen MR) is 92.1 cm³/mol. The molecule has 0 aromatic heterocycles. The van der Waals surface area contributed by atoms with Crippen LogP contribution in [0.3, 0.4) is 0 Å². The number of carbonyl (C=O) groups is 1. The van der Waals surface area contributed by atoms with Gasteiger partial charge >= 0.3 is 0 Å². The second-order valence-electron chi connectivity index (χ2n) is 8.12. The topological polar surface area (TPSA) is 47.6 Å². The maximum Gasteiger partial charge on any atom is 0.261 e. The molecule has 4 heteroatoms. The number of hydrogen-bond donors (Lipinski definition) is 1. The van der Waals surface area contributed by atoms with E-state index in [2.05, 4.69) is 5.32 Å². The number of benzene rings is 1. The molecule has 130 valence electrons. The zero-order valence-electron chi connectivity index (χ0n) is 14.6. The lowest BCUT2D eigenvalue weighted by Crippen LogP contribution is -2.61. The first kappa shape index (κ1) is 15.8. The fraction of sp³-hybridized carbons (Fsp3) is 0.650. The molecule has 4 aliphatic rings. The van der Waals surface area contributed by atoms with Crippen molar-refractivity contribution >= 4 is 5.91 Å². The molecule has 4 bridgehead atoms. The maximum absolute atomic E-state index is 12.7. The Bertz CT molecular complexity index is 575. The molecule has 0 spiro atoms. The van der Waals surface area contributed by atoms with Gasteiger partial charge in [-0.1, -0.05) is 0 Å². The van der Waals surface area contributed by atoms with Crippen LogP contribution >= 0.6 is 0 Å². The van der Waals surface area contributed by atoms with Crippen molar-refractivity contribution in [2.45, 2.75) is 57.1 Å². The molecular formula is C20H27NO3. The van der Waals surface area contributed by atoms with Crippen molar-refractivity contribution in [2.24, 2.45) is 17.8 Å². The van der Waals surface area contributed by atoms with Gasteiger partial charge < -0.3 is 14.8 Å². The number of ether oxygens (including phenoxy) is 2. The third-order valence-electron chi connectivity index (χ3n) is 6.17. The molecule has 1 amide bonds. The summed E-state index contributed by atoms with van der Waals surface area (Å²) in [6.07, 6.45) is 7.17. The summed E-state index contributed by atoms with van der Waals surface area (Å²) in [4.78, 5) is 12.7. The van der Waals surface area contributed by atoms with E-state index >= 15 is 0 Å². The van der Waals surface area contributed by atoms with Gasteiger partial charge in [-0.15, -0.1) is 0 Å². The van der Waals surface area contributed by atoms with E-state index in [1.807, 2.05) is 31.2 Å². The molecule has 0 radical (unpaired) electrons. The van der Waals surface area contributed by atoms with Crippen LogP contribution < -0.4 is 14.8 Å². The van der Waals surface area contributed by atoms with Gasteiger partial charge in [0.15, 0.2) is 6.10 Å². The average molecular weight is 329 g/mol. The molecular weight excluding hydrogens is 302 g/mol. The molecule has 1 atom stereocenters. The summed E-state index contributed by atoms with van der Waals surface area (Å²) in [5.74, 6) is 3.99. The first-order valence-corrected chi connectivity index (χ1v) is 9.18. The number of methoxy groups -OCH3 is 1. The van der Waals surface area contributed by atoms with Crippen LogP contribution in [0.2, 0.25) is 0 Å². The summed E-state index contributed by atoms with van der Waals surface area (Å²) >= 11 is 0. The number of carbonyl (C=O) groups excluding carboxylic acids is 1. The summed E-state index contributed by atoms with van der Waals surface area (Å²) in [6, 6.07) is 7.37. The quantitative estimate of drug-likeness (QED) is 0.899. The molecule has 0 heterocycles. The fourth-order valence-corrected chi connectivity index (χ4v) is 5.54. The van der Waals surface area contributed by atoms with Crippen molar-refractivity contribution in [2.75, 3.05) is 7.11 Å². The highest BCUT2D eigenvalue weighted by molar-refractivity contribution is 5.81. The molecule has 24 heavy (non-hydrogen) atoms. The largest absolute Gasteiger partial charge is 0.497 e. The predicted octanol–water partition coefficient (Wildman–Crippen LogP) is 3.55. The molecule has 5 rings (SSSR count). The average Bonchev–Trinajstić information content (AvgIpc) is 2.53. The third kappa shape index (κ3) is 2.99. The lowest BCUT2D eigenvalue weighted by Gasteiger charge is -2.57. The van der Waals surface area contributed by atoms with E-state index in [0.29, 0.717) is 5.75 Å². The van der Waals surface area contributed by atoms with Crippen LogP contribution in [-0.2, 0) is 4.79 Å². The molecule has 4 fully saturated rings. The second kappa shape index (κ2) is 5.98. The van der Waals surface area contributed by atoms with E-state index in [1.54, 1.807) is 7.11 Å². The van der Waals surface area contributed by atoms with Gasteiger partial charge in [-0.25, -0.2) is 0 Å². The maximum atomic E-state index is 12.7. The zero-order valence-corrected chi connectivity index (χ0v) is 14.6. The normalized spacial score (nSPS) is 34.7. The number of amides is 1. The minimum Gasteiger partial charge on any atom is -0.497 e. The summed E-state index contributed by atoms with van der Waals surface area (Å²) in [7, 11) is 1.64. The number of nitrogens with one attached hydrogen (secondary N) is 1. The number of rotatable bonds is 5. The molecule has 1 aromatic rings. The van der Waals surface area contributed by atoms with Crippen LogP contribution in [-0.4, -0.2) is 24.7 Å². The van der Waals surface area contributed by atoms with Crippen molar-refractivity contribution in [3.63, 3.8) is 0 Å². The lowest BCUT2D eigenvalue weighted by molar-refractivity contribution is -0.133. The van der Waals surface area contributed by atoms with Crippen molar-refractivity contribution in [3.8, 4) is 11.5 Å². The van der Waals surface area contributed by atoms with Crippen molar-refractivity contribution < 1.29 is 14.3 Å². The van der Waals surface area contributed by atoms with E-state index in [4.69, 9.17) is 9.47 Å². The van der Waals surface area contributed by atoms with Gasteiger partial charge in [0.25, 0.3) is 5.91 Å². The smallest absolute Gasteiger partial charge is 0.261 e. The molecule has 0 saturated heterocycles. The SMILES string of the molecule is COc1ccc(OC(C)C(=O)NC23CC4CC(CC(C4)C2)C3)cc1. The summed E-state index contributed by atoms with van der Waals surface area (Å²) in [6.45, 7) is 1.83. The minimum absolute atomic E-state index is 0.0211.